The van der Waals surface area contributed by atoms with E-state index >= 15 is 0 Å². The monoisotopic (exact) mass is 388 g/mol. The standard InChI is InChI=1S/C18H28N4O.2ClH/c1-2-4-14(3-1)17-21-16-6-9-19-8-5-15(16)18(22-17)20-11-13-7-10-23-12-13;;/h13-14,19H,1-12H2,(H,20,21,22);2*1H. The Morgan fingerprint density at radius 1 is 1.04 bits per heavy atom. The molecule has 25 heavy (non-hydrogen) atoms. The molecule has 142 valence electrons. The Morgan fingerprint density at radius 3 is 2.60 bits per heavy atom. The van der Waals surface area contributed by atoms with Gasteiger partial charge in [-0.1, -0.05) is 12.8 Å². The summed E-state index contributed by atoms with van der Waals surface area (Å²) in [5.41, 5.74) is 2.62. The van der Waals surface area contributed by atoms with Crippen molar-refractivity contribution in [2.24, 2.45) is 5.92 Å². The van der Waals surface area contributed by atoms with Gasteiger partial charge in [0, 0.05) is 43.5 Å². The van der Waals surface area contributed by atoms with Crippen LogP contribution in [0.1, 0.15) is 55.1 Å². The number of rotatable bonds is 4. The maximum atomic E-state index is 5.50. The fourth-order valence-electron chi connectivity index (χ4n) is 4.06. The van der Waals surface area contributed by atoms with E-state index in [0.29, 0.717) is 11.8 Å². The molecule has 4 rings (SSSR count). The molecule has 0 bridgehead atoms. The van der Waals surface area contributed by atoms with Crippen LogP contribution in [0.3, 0.4) is 0 Å². The fourth-order valence-corrected chi connectivity index (χ4v) is 4.06. The van der Waals surface area contributed by atoms with E-state index in [9.17, 15) is 0 Å². The fraction of sp³-hybridized carbons (Fsp3) is 0.778. The van der Waals surface area contributed by atoms with Crippen LogP contribution in [0.2, 0.25) is 0 Å². The van der Waals surface area contributed by atoms with Gasteiger partial charge >= 0.3 is 0 Å². The number of anilines is 1. The summed E-state index contributed by atoms with van der Waals surface area (Å²) < 4.78 is 5.50. The molecule has 3 heterocycles. The average Bonchev–Trinajstić information content (AvgIpc) is 3.23. The minimum absolute atomic E-state index is 0. The van der Waals surface area contributed by atoms with Gasteiger partial charge in [-0.25, -0.2) is 9.97 Å². The second kappa shape index (κ2) is 9.91. The van der Waals surface area contributed by atoms with Crippen molar-refractivity contribution in [1.82, 2.24) is 15.3 Å². The van der Waals surface area contributed by atoms with Crippen LogP contribution in [0.5, 0.6) is 0 Å². The average molecular weight is 389 g/mol. The highest BCUT2D eigenvalue weighted by Crippen LogP contribution is 2.34. The summed E-state index contributed by atoms with van der Waals surface area (Å²) in [6.07, 6.45) is 8.39. The topological polar surface area (TPSA) is 59.1 Å². The van der Waals surface area contributed by atoms with Crippen LogP contribution < -0.4 is 10.6 Å². The first-order valence-corrected chi connectivity index (χ1v) is 9.32. The normalized spacial score (nSPS) is 23.3. The summed E-state index contributed by atoms with van der Waals surface area (Å²) in [5.74, 6) is 3.40. The Kier molecular flexibility index (Phi) is 8.20. The molecule has 2 aliphatic heterocycles. The maximum absolute atomic E-state index is 5.50. The van der Waals surface area contributed by atoms with E-state index < -0.39 is 0 Å². The van der Waals surface area contributed by atoms with Crippen LogP contribution in [0.15, 0.2) is 0 Å². The predicted molar refractivity (Wildman–Crippen MR) is 105 cm³/mol. The number of ether oxygens (including phenoxy) is 1. The van der Waals surface area contributed by atoms with Gasteiger partial charge in [0.1, 0.15) is 11.6 Å². The Hall–Kier alpha value is -0.620. The van der Waals surface area contributed by atoms with E-state index in [0.717, 1.165) is 63.8 Å². The van der Waals surface area contributed by atoms with Gasteiger partial charge in [-0.15, -0.1) is 24.8 Å². The molecule has 7 heteroatoms. The molecular weight excluding hydrogens is 359 g/mol. The summed E-state index contributed by atoms with van der Waals surface area (Å²) in [4.78, 5) is 9.96. The molecule has 1 aromatic heterocycles. The third-order valence-corrected chi connectivity index (χ3v) is 5.50. The van der Waals surface area contributed by atoms with Gasteiger partial charge < -0.3 is 15.4 Å². The molecule has 1 saturated carbocycles. The zero-order chi connectivity index (χ0) is 15.5. The van der Waals surface area contributed by atoms with E-state index in [4.69, 9.17) is 14.7 Å². The number of hydrogen-bond donors (Lipinski definition) is 2. The lowest BCUT2D eigenvalue weighted by Crippen LogP contribution is -2.19. The van der Waals surface area contributed by atoms with Crippen molar-refractivity contribution in [3.63, 3.8) is 0 Å². The summed E-state index contributed by atoms with van der Waals surface area (Å²) >= 11 is 0. The second-order valence-electron chi connectivity index (χ2n) is 7.20. The highest BCUT2D eigenvalue weighted by atomic mass is 35.5. The lowest BCUT2D eigenvalue weighted by molar-refractivity contribution is 0.187. The van der Waals surface area contributed by atoms with Gasteiger partial charge in [0.25, 0.3) is 0 Å². The molecule has 0 spiro atoms. The number of aromatic nitrogens is 2. The molecule has 1 unspecified atom stereocenters. The summed E-state index contributed by atoms with van der Waals surface area (Å²) in [7, 11) is 0. The minimum atomic E-state index is 0. The number of hydrogen-bond acceptors (Lipinski definition) is 5. The van der Waals surface area contributed by atoms with Crippen LogP contribution in [-0.4, -0.2) is 42.8 Å². The summed E-state index contributed by atoms with van der Waals surface area (Å²) in [6.45, 7) is 4.83. The smallest absolute Gasteiger partial charge is 0.134 e. The lowest BCUT2D eigenvalue weighted by atomic mass is 10.0. The Balaban J connectivity index is 0.00000113. The largest absolute Gasteiger partial charge is 0.381 e. The quantitative estimate of drug-likeness (QED) is 0.829. The lowest BCUT2D eigenvalue weighted by Gasteiger charge is -2.18. The molecule has 5 nitrogen and oxygen atoms in total. The van der Waals surface area contributed by atoms with Crippen LogP contribution in [0.4, 0.5) is 5.82 Å². The van der Waals surface area contributed by atoms with Gasteiger partial charge in [0.2, 0.25) is 0 Å². The van der Waals surface area contributed by atoms with Crippen LogP contribution in [0.25, 0.3) is 0 Å². The van der Waals surface area contributed by atoms with Crippen LogP contribution in [-0.2, 0) is 17.6 Å². The Labute approximate surface area is 162 Å². The number of fused-ring (bicyclic) bond motifs is 1. The van der Waals surface area contributed by atoms with Crippen LogP contribution >= 0.6 is 24.8 Å². The highest BCUT2D eigenvalue weighted by Gasteiger charge is 2.24. The third-order valence-electron chi connectivity index (χ3n) is 5.50. The van der Waals surface area contributed by atoms with Gasteiger partial charge in [0.15, 0.2) is 0 Å². The zero-order valence-electron chi connectivity index (χ0n) is 14.8. The molecule has 1 saturated heterocycles. The van der Waals surface area contributed by atoms with E-state index in [-0.39, 0.29) is 24.8 Å². The van der Waals surface area contributed by atoms with Gasteiger partial charge in [-0.05, 0) is 32.2 Å². The summed E-state index contributed by atoms with van der Waals surface area (Å²) in [5, 5.41) is 7.14. The number of nitrogens with zero attached hydrogens (tertiary/aromatic N) is 2. The van der Waals surface area contributed by atoms with E-state index in [1.807, 2.05) is 0 Å². The van der Waals surface area contributed by atoms with Crippen molar-refractivity contribution in [3.05, 3.63) is 17.1 Å². The Morgan fingerprint density at radius 2 is 1.84 bits per heavy atom. The Bertz CT molecular complexity index is 546. The molecule has 1 aromatic rings. The predicted octanol–water partition coefficient (Wildman–Crippen LogP) is 3.11. The van der Waals surface area contributed by atoms with Crippen molar-refractivity contribution in [2.75, 3.05) is 38.2 Å². The molecule has 0 aromatic carbocycles. The first-order valence-electron chi connectivity index (χ1n) is 9.32. The first-order chi connectivity index (χ1) is 11.4. The van der Waals surface area contributed by atoms with Crippen molar-refractivity contribution >= 4 is 30.6 Å². The van der Waals surface area contributed by atoms with Crippen molar-refractivity contribution in [2.45, 2.75) is 50.9 Å². The van der Waals surface area contributed by atoms with Crippen LogP contribution in [0, 0.1) is 5.92 Å². The number of halogens is 2. The molecule has 2 N–H and O–H groups in total. The molecular formula is C18H30Cl2N4O. The van der Waals surface area contributed by atoms with E-state index in [1.54, 1.807) is 0 Å². The van der Waals surface area contributed by atoms with E-state index in [2.05, 4.69) is 10.6 Å². The third kappa shape index (κ3) is 4.97. The molecule has 1 aliphatic carbocycles. The maximum Gasteiger partial charge on any atom is 0.134 e. The SMILES string of the molecule is C1CCC(c2nc3c(c(NCC4CCOC4)n2)CCNCC3)C1.Cl.Cl. The first kappa shape index (κ1) is 20.7. The molecule has 0 radical (unpaired) electrons. The van der Waals surface area contributed by atoms with Gasteiger partial charge in [-0.3, -0.25) is 0 Å². The summed E-state index contributed by atoms with van der Waals surface area (Å²) in [6, 6.07) is 0. The van der Waals surface area contributed by atoms with Crippen molar-refractivity contribution in [1.29, 1.82) is 0 Å². The second-order valence-corrected chi connectivity index (χ2v) is 7.20. The highest BCUT2D eigenvalue weighted by molar-refractivity contribution is 5.85. The molecule has 1 atom stereocenters. The van der Waals surface area contributed by atoms with Crippen molar-refractivity contribution in [3.8, 4) is 0 Å². The van der Waals surface area contributed by atoms with Crippen molar-refractivity contribution < 1.29 is 4.74 Å². The molecule has 0 amide bonds. The molecule has 3 aliphatic rings. The minimum Gasteiger partial charge on any atom is -0.381 e. The molecule has 2 fully saturated rings. The number of nitrogens with one attached hydrogen (secondary N) is 2. The van der Waals surface area contributed by atoms with E-state index in [1.165, 1.54) is 36.9 Å². The zero-order valence-corrected chi connectivity index (χ0v) is 16.4. The van der Waals surface area contributed by atoms with Gasteiger partial charge in [0.05, 0.1) is 12.3 Å². The van der Waals surface area contributed by atoms with Gasteiger partial charge in [-0.2, -0.15) is 0 Å².